The zero-order valence-corrected chi connectivity index (χ0v) is 18.5. The Labute approximate surface area is 184 Å². The molecule has 0 N–H and O–H groups in total. The molecule has 158 valence electrons. The molecule has 0 aliphatic carbocycles. The Morgan fingerprint density at radius 1 is 1.06 bits per heavy atom. The second kappa shape index (κ2) is 8.78. The van der Waals surface area contributed by atoms with Gasteiger partial charge in [-0.3, -0.25) is 4.79 Å². The molecule has 0 aliphatic rings. The number of methoxy groups -OCH3 is 1. The van der Waals surface area contributed by atoms with E-state index in [9.17, 15) is 9.59 Å². The lowest BCUT2D eigenvalue weighted by atomic mass is 10.1. The quantitative estimate of drug-likeness (QED) is 0.389. The first-order valence-electron chi connectivity index (χ1n) is 10.1. The molecule has 0 saturated carbocycles. The molecular weight excluding hydrogens is 410 g/mol. The Morgan fingerprint density at radius 3 is 2.48 bits per heavy atom. The van der Waals surface area contributed by atoms with Gasteiger partial charge in [0, 0.05) is 16.6 Å². The number of nitrogens with zero attached hydrogens (tertiary/aromatic N) is 1. The zero-order chi connectivity index (χ0) is 22.0. The topological polar surface area (TPSA) is 57.5 Å². The third-order valence-electron chi connectivity index (χ3n) is 5.21. The van der Waals surface area contributed by atoms with Crippen LogP contribution in [-0.4, -0.2) is 24.3 Å². The molecule has 6 heteroatoms. The van der Waals surface area contributed by atoms with Crippen molar-refractivity contribution in [3.63, 3.8) is 0 Å². The van der Waals surface area contributed by atoms with Crippen LogP contribution in [0.4, 0.5) is 0 Å². The van der Waals surface area contributed by atoms with Crippen molar-refractivity contribution in [1.82, 2.24) is 4.57 Å². The average molecular weight is 434 g/mol. The van der Waals surface area contributed by atoms with Gasteiger partial charge in [0.15, 0.2) is 0 Å². The third-order valence-corrected chi connectivity index (χ3v) is 6.59. The first-order chi connectivity index (χ1) is 15.0. The summed E-state index contributed by atoms with van der Waals surface area (Å²) in [6.07, 6.45) is 1.61. The summed E-state index contributed by atoms with van der Waals surface area (Å²) in [4.78, 5) is 27.7. The summed E-state index contributed by atoms with van der Waals surface area (Å²) in [7, 11) is 1.63. The number of thiophene rings is 1. The van der Waals surface area contributed by atoms with E-state index in [1.807, 2.05) is 66.1 Å². The zero-order valence-electron chi connectivity index (χ0n) is 17.7. The van der Waals surface area contributed by atoms with Crippen LogP contribution >= 0.6 is 11.3 Å². The van der Waals surface area contributed by atoms with Gasteiger partial charge in [-0.25, -0.2) is 4.79 Å². The molecule has 0 saturated heterocycles. The van der Waals surface area contributed by atoms with Crippen LogP contribution in [0, 0.1) is 6.92 Å². The number of aryl methyl sites for hydroxylation is 1. The molecule has 5 nitrogen and oxygen atoms in total. The molecule has 0 atom stereocenters. The second-order valence-electron chi connectivity index (χ2n) is 7.13. The maximum Gasteiger partial charge on any atom is 0.343 e. The molecule has 0 amide bonds. The van der Waals surface area contributed by atoms with Crippen LogP contribution in [0.1, 0.15) is 28.4 Å². The highest BCUT2D eigenvalue weighted by atomic mass is 32.1. The number of hydrogen-bond donors (Lipinski definition) is 0. The van der Waals surface area contributed by atoms with Crippen LogP contribution < -0.4 is 10.2 Å². The minimum Gasteiger partial charge on any atom is -0.496 e. The predicted octanol–water partition coefficient (Wildman–Crippen LogP) is 5.27. The van der Waals surface area contributed by atoms with Crippen molar-refractivity contribution >= 4 is 27.5 Å². The summed E-state index contributed by atoms with van der Waals surface area (Å²) < 4.78 is 12.6. The number of benzene rings is 2. The summed E-state index contributed by atoms with van der Waals surface area (Å²) in [6.45, 7) is 4.33. The Kier molecular flexibility index (Phi) is 5.91. The molecule has 2 heterocycles. The number of pyridine rings is 1. The van der Waals surface area contributed by atoms with Crippen LogP contribution in [0.3, 0.4) is 0 Å². The van der Waals surface area contributed by atoms with E-state index >= 15 is 0 Å². The Hall–Kier alpha value is -3.38. The van der Waals surface area contributed by atoms with E-state index in [0.717, 1.165) is 32.1 Å². The van der Waals surface area contributed by atoms with Gasteiger partial charge in [0.25, 0.3) is 0 Å². The van der Waals surface area contributed by atoms with Crippen LogP contribution in [-0.2, 0) is 11.3 Å². The molecule has 0 unspecified atom stereocenters. The number of ether oxygens (including phenoxy) is 2. The smallest absolute Gasteiger partial charge is 0.343 e. The largest absolute Gasteiger partial charge is 0.496 e. The van der Waals surface area contributed by atoms with Gasteiger partial charge in [-0.1, -0.05) is 48.5 Å². The predicted molar refractivity (Wildman–Crippen MR) is 124 cm³/mol. The summed E-state index contributed by atoms with van der Waals surface area (Å²) >= 11 is 1.55. The van der Waals surface area contributed by atoms with Crippen LogP contribution in [0.25, 0.3) is 20.7 Å². The number of fused-ring (bicyclic) bond motifs is 1. The molecule has 0 fully saturated rings. The molecule has 4 rings (SSSR count). The Balaban J connectivity index is 1.98. The lowest BCUT2D eigenvalue weighted by Gasteiger charge is -2.13. The molecule has 31 heavy (non-hydrogen) atoms. The molecule has 0 radical (unpaired) electrons. The fourth-order valence-corrected chi connectivity index (χ4v) is 5.01. The van der Waals surface area contributed by atoms with Crippen molar-refractivity contribution in [2.24, 2.45) is 0 Å². The number of carbonyl (C=O) groups is 1. The first-order valence-corrected chi connectivity index (χ1v) is 10.9. The van der Waals surface area contributed by atoms with Gasteiger partial charge in [0.2, 0.25) is 5.43 Å². The SMILES string of the molecule is CCOC(=O)c1cn(Cc2ccccc2OC)c2sc(-c3ccccc3)c(C)c2c1=O. The van der Waals surface area contributed by atoms with E-state index in [0.29, 0.717) is 11.9 Å². The van der Waals surface area contributed by atoms with Crippen molar-refractivity contribution in [2.45, 2.75) is 20.4 Å². The number of para-hydroxylation sites is 1. The van der Waals surface area contributed by atoms with Crippen molar-refractivity contribution in [3.8, 4) is 16.2 Å². The molecule has 2 aromatic carbocycles. The van der Waals surface area contributed by atoms with Gasteiger partial charge in [-0.2, -0.15) is 0 Å². The van der Waals surface area contributed by atoms with Crippen LogP contribution in [0.5, 0.6) is 5.75 Å². The van der Waals surface area contributed by atoms with Crippen LogP contribution in [0.15, 0.2) is 65.6 Å². The number of carbonyl (C=O) groups excluding carboxylic acids is 1. The lowest BCUT2D eigenvalue weighted by molar-refractivity contribution is 0.0524. The maximum atomic E-state index is 13.3. The normalized spacial score (nSPS) is 10.9. The van der Waals surface area contributed by atoms with Gasteiger partial charge < -0.3 is 14.0 Å². The van der Waals surface area contributed by atoms with Crippen molar-refractivity contribution in [3.05, 3.63) is 87.7 Å². The Morgan fingerprint density at radius 2 is 1.77 bits per heavy atom. The standard InChI is InChI=1S/C25H23NO4S/c1-4-30-25(28)19-15-26(14-18-12-8-9-13-20(18)29-3)24-21(22(19)27)16(2)23(31-24)17-10-6-5-7-11-17/h5-13,15H,4,14H2,1-3H3. The number of hydrogen-bond acceptors (Lipinski definition) is 5. The fraction of sp³-hybridized carbons (Fsp3) is 0.200. The summed E-state index contributed by atoms with van der Waals surface area (Å²) in [5, 5.41) is 0.560. The van der Waals surface area contributed by atoms with E-state index in [1.54, 1.807) is 31.6 Å². The van der Waals surface area contributed by atoms with Crippen molar-refractivity contribution < 1.29 is 14.3 Å². The van der Waals surface area contributed by atoms with Crippen molar-refractivity contribution in [1.29, 1.82) is 0 Å². The van der Waals surface area contributed by atoms with Crippen molar-refractivity contribution in [2.75, 3.05) is 13.7 Å². The summed E-state index contributed by atoms with van der Waals surface area (Å²) in [6, 6.07) is 17.7. The maximum absolute atomic E-state index is 13.3. The highest BCUT2D eigenvalue weighted by Crippen LogP contribution is 2.37. The number of aromatic nitrogens is 1. The van der Waals surface area contributed by atoms with Gasteiger partial charge in [0.1, 0.15) is 16.1 Å². The highest BCUT2D eigenvalue weighted by molar-refractivity contribution is 7.22. The van der Waals surface area contributed by atoms with E-state index in [4.69, 9.17) is 9.47 Å². The first kappa shape index (κ1) is 20.9. The molecular formula is C25H23NO4S. The van der Waals surface area contributed by atoms with E-state index in [-0.39, 0.29) is 17.6 Å². The van der Waals surface area contributed by atoms with E-state index in [1.165, 1.54) is 0 Å². The highest BCUT2D eigenvalue weighted by Gasteiger charge is 2.22. The molecule has 2 aromatic heterocycles. The van der Waals surface area contributed by atoms with Gasteiger partial charge in [0.05, 0.1) is 25.6 Å². The molecule has 4 aromatic rings. The van der Waals surface area contributed by atoms with E-state index in [2.05, 4.69) is 0 Å². The average Bonchev–Trinajstić information content (AvgIpc) is 3.14. The lowest BCUT2D eigenvalue weighted by Crippen LogP contribution is -2.21. The summed E-state index contributed by atoms with van der Waals surface area (Å²) in [5.41, 5.74) is 2.63. The molecule has 0 aliphatic heterocycles. The molecule has 0 bridgehead atoms. The number of esters is 1. The van der Waals surface area contributed by atoms with Crippen LogP contribution in [0.2, 0.25) is 0 Å². The molecule has 0 spiro atoms. The minimum absolute atomic E-state index is 0.0461. The minimum atomic E-state index is -0.602. The second-order valence-corrected chi connectivity index (χ2v) is 8.13. The van der Waals surface area contributed by atoms with Gasteiger partial charge >= 0.3 is 5.97 Å². The monoisotopic (exact) mass is 433 g/mol. The Bertz CT molecular complexity index is 1300. The third kappa shape index (κ3) is 3.86. The van der Waals surface area contributed by atoms with Gasteiger partial charge in [-0.05, 0) is 31.0 Å². The summed E-state index contributed by atoms with van der Waals surface area (Å²) in [5.74, 6) is 0.152. The van der Waals surface area contributed by atoms with E-state index < -0.39 is 5.97 Å². The fourth-order valence-electron chi connectivity index (χ4n) is 3.73. The number of rotatable bonds is 6. The van der Waals surface area contributed by atoms with Gasteiger partial charge in [-0.15, -0.1) is 11.3 Å².